The molecule has 0 saturated heterocycles. The van der Waals surface area contributed by atoms with E-state index in [0.717, 1.165) is 5.56 Å². The van der Waals surface area contributed by atoms with Gasteiger partial charge >= 0.3 is 5.97 Å². The molecule has 1 aromatic rings. The third-order valence-electron chi connectivity index (χ3n) is 1.88. The molecule has 5 heteroatoms. The van der Waals surface area contributed by atoms with E-state index in [-0.39, 0.29) is 12.3 Å². The van der Waals surface area contributed by atoms with Crippen molar-refractivity contribution >= 4 is 11.7 Å². The van der Waals surface area contributed by atoms with Crippen molar-refractivity contribution in [1.82, 2.24) is 0 Å². The minimum atomic E-state index is -0.702. The number of hydrogen-bond acceptors (Lipinski definition) is 5. The van der Waals surface area contributed by atoms with Gasteiger partial charge in [0.2, 0.25) is 5.70 Å². The van der Waals surface area contributed by atoms with E-state index in [1.807, 2.05) is 25.1 Å². The lowest BCUT2D eigenvalue weighted by Crippen LogP contribution is -2.05. The Morgan fingerprint density at radius 2 is 2.29 bits per heavy atom. The van der Waals surface area contributed by atoms with Crippen molar-refractivity contribution in [3.63, 3.8) is 0 Å². The van der Waals surface area contributed by atoms with Gasteiger partial charge in [0, 0.05) is 0 Å². The molecule has 0 aliphatic rings. The van der Waals surface area contributed by atoms with E-state index in [1.165, 1.54) is 0 Å². The van der Waals surface area contributed by atoms with Crippen LogP contribution in [0.4, 0.5) is 5.69 Å². The summed E-state index contributed by atoms with van der Waals surface area (Å²) in [7, 11) is 0. The topological polar surface area (TPSA) is 71.2 Å². The molecular formula is C12H14N2O3. The van der Waals surface area contributed by atoms with E-state index in [9.17, 15) is 4.79 Å². The van der Waals surface area contributed by atoms with Crippen molar-refractivity contribution in [2.24, 2.45) is 10.2 Å². The molecule has 0 radical (unpaired) electrons. The largest absolute Gasteiger partial charge is 0.513 e. The van der Waals surface area contributed by atoms with Crippen LogP contribution in [0.2, 0.25) is 0 Å². The molecule has 90 valence electrons. The Hall–Kier alpha value is -2.17. The zero-order chi connectivity index (χ0) is 12.7. The number of benzene rings is 1. The predicted molar refractivity (Wildman–Crippen MR) is 63.0 cm³/mol. The second-order valence-electron chi connectivity index (χ2n) is 3.27. The summed E-state index contributed by atoms with van der Waals surface area (Å²) in [5, 5.41) is 16.3. The van der Waals surface area contributed by atoms with E-state index in [0.29, 0.717) is 11.9 Å². The number of aryl methyl sites for hydroxylation is 1. The van der Waals surface area contributed by atoms with Crippen molar-refractivity contribution < 1.29 is 14.6 Å². The Balaban J connectivity index is 2.79. The number of rotatable bonds is 4. The number of ether oxygens (including phenoxy) is 1. The van der Waals surface area contributed by atoms with Gasteiger partial charge in [-0.25, -0.2) is 4.79 Å². The number of nitrogens with zero attached hydrogens (tertiary/aromatic N) is 2. The highest BCUT2D eigenvalue weighted by atomic mass is 16.5. The smallest absolute Gasteiger partial charge is 0.362 e. The summed E-state index contributed by atoms with van der Waals surface area (Å²) in [6.07, 6.45) is 0.581. The summed E-state index contributed by atoms with van der Waals surface area (Å²) in [5.74, 6) is -0.702. The van der Waals surface area contributed by atoms with Crippen molar-refractivity contribution in [2.75, 3.05) is 6.61 Å². The predicted octanol–water partition coefficient (Wildman–Crippen LogP) is 3.04. The molecule has 0 amide bonds. The van der Waals surface area contributed by atoms with Gasteiger partial charge in [-0.1, -0.05) is 12.1 Å². The molecule has 0 spiro atoms. The van der Waals surface area contributed by atoms with E-state index < -0.39 is 5.97 Å². The first-order valence-electron chi connectivity index (χ1n) is 5.17. The van der Waals surface area contributed by atoms with Gasteiger partial charge in [-0.05, 0) is 31.5 Å². The van der Waals surface area contributed by atoms with Crippen LogP contribution in [-0.4, -0.2) is 17.7 Å². The summed E-state index contributed by atoms with van der Waals surface area (Å²) in [4.78, 5) is 11.3. The third-order valence-corrected chi connectivity index (χ3v) is 1.88. The van der Waals surface area contributed by atoms with Gasteiger partial charge in [0.1, 0.15) is 6.26 Å². The first-order chi connectivity index (χ1) is 8.17. The second kappa shape index (κ2) is 6.42. The number of azo groups is 1. The summed E-state index contributed by atoms with van der Waals surface area (Å²) in [6.45, 7) is 3.81. The van der Waals surface area contributed by atoms with Gasteiger partial charge in [-0.3, -0.25) is 0 Å². The molecule has 1 aromatic carbocycles. The molecular weight excluding hydrogens is 220 g/mol. The Bertz CT molecular complexity index is 453. The van der Waals surface area contributed by atoms with Crippen LogP contribution in [0.25, 0.3) is 0 Å². The first kappa shape index (κ1) is 12.9. The van der Waals surface area contributed by atoms with Crippen LogP contribution in [0.5, 0.6) is 0 Å². The highest BCUT2D eigenvalue weighted by Crippen LogP contribution is 2.15. The number of hydrogen-bond donors (Lipinski definition) is 1. The molecule has 0 heterocycles. The van der Waals surface area contributed by atoms with Gasteiger partial charge < -0.3 is 9.84 Å². The van der Waals surface area contributed by atoms with E-state index in [1.54, 1.807) is 13.0 Å². The average Bonchev–Trinajstić information content (AvgIpc) is 2.30. The molecule has 0 atom stereocenters. The fourth-order valence-electron chi connectivity index (χ4n) is 1.13. The van der Waals surface area contributed by atoms with Gasteiger partial charge in [0.25, 0.3) is 0 Å². The van der Waals surface area contributed by atoms with Crippen molar-refractivity contribution in [2.45, 2.75) is 13.8 Å². The molecule has 0 aliphatic carbocycles. The minimum Gasteiger partial charge on any atom is -0.513 e. The van der Waals surface area contributed by atoms with E-state index in [2.05, 4.69) is 15.0 Å². The minimum absolute atomic E-state index is 0.218. The van der Waals surface area contributed by atoms with Gasteiger partial charge in [-0.2, -0.15) is 5.11 Å². The summed E-state index contributed by atoms with van der Waals surface area (Å²) >= 11 is 0. The van der Waals surface area contributed by atoms with Crippen LogP contribution >= 0.6 is 0 Å². The lowest BCUT2D eigenvalue weighted by molar-refractivity contribution is -0.138. The summed E-state index contributed by atoms with van der Waals surface area (Å²) in [6, 6.07) is 7.31. The molecule has 1 rings (SSSR count). The standard InChI is InChI=1S/C12H14N2O3/c1-3-17-12(16)11(8-15)14-13-10-6-4-5-9(2)7-10/h4-8,15H,3H2,1-2H3. The zero-order valence-corrected chi connectivity index (χ0v) is 9.75. The second-order valence-corrected chi connectivity index (χ2v) is 3.27. The SMILES string of the molecule is CCOC(=O)C(=CO)N=Nc1cccc(C)c1. The average molecular weight is 234 g/mol. The van der Waals surface area contributed by atoms with Crippen LogP contribution in [0.1, 0.15) is 12.5 Å². The number of aliphatic hydroxyl groups is 1. The highest BCUT2D eigenvalue weighted by molar-refractivity contribution is 5.87. The summed E-state index contributed by atoms with van der Waals surface area (Å²) < 4.78 is 4.69. The van der Waals surface area contributed by atoms with Gasteiger partial charge in [-0.15, -0.1) is 5.11 Å². The summed E-state index contributed by atoms with van der Waals surface area (Å²) in [5.41, 5.74) is 1.41. The number of esters is 1. The Morgan fingerprint density at radius 1 is 1.53 bits per heavy atom. The molecule has 0 bridgehead atoms. The van der Waals surface area contributed by atoms with Crippen LogP contribution in [0.3, 0.4) is 0 Å². The molecule has 0 aliphatic heterocycles. The Morgan fingerprint density at radius 3 is 2.88 bits per heavy atom. The van der Waals surface area contributed by atoms with Crippen LogP contribution < -0.4 is 0 Å². The Labute approximate surface area is 99.4 Å². The fourth-order valence-corrected chi connectivity index (χ4v) is 1.13. The van der Waals surface area contributed by atoms with Crippen LogP contribution in [0, 0.1) is 6.92 Å². The molecule has 0 unspecified atom stereocenters. The maximum atomic E-state index is 11.3. The van der Waals surface area contributed by atoms with Crippen molar-refractivity contribution in [1.29, 1.82) is 0 Å². The Kier molecular flexibility index (Phi) is 4.87. The molecule has 5 nitrogen and oxygen atoms in total. The monoisotopic (exact) mass is 234 g/mol. The molecule has 1 N–H and O–H groups in total. The number of carbonyl (C=O) groups is 1. The molecule has 0 aromatic heterocycles. The van der Waals surface area contributed by atoms with Gasteiger partial charge in [0.05, 0.1) is 12.3 Å². The third kappa shape index (κ3) is 4.06. The van der Waals surface area contributed by atoms with E-state index in [4.69, 9.17) is 5.11 Å². The lowest BCUT2D eigenvalue weighted by Gasteiger charge is -1.99. The van der Waals surface area contributed by atoms with Crippen molar-refractivity contribution in [3.8, 4) is 0 Å². The van der Waals surface area contributed by atoms with E-state index >= 15 is 0 Å². The quantitative estimate of drug-likeness (QED) is 0.376. The highest BCUT2D eigenvalue weighted by Gasteiger charge is 2.09. The zero-order valence-electron chi connectivity index (χ0n) is 9.75. The van der Waals surface area contributed by atoms with Crippen molar-refractivity contribution in [3.05, 3.63) is 41.8 Å². The van der Waals surface area contributed by atoms with Crippen LogP contribution in [0.15, 0.2) is 46.5 Å². The number of carbonyl (C=O) groups excluding carboxylic acids is 1. The molecule has 0 saturated carbocycles. The normalized spacial score (nSPS) is 11.8. The number of aliphatic hydroxyl groups excluding tert-OH is 1. The fraction of sp³-hybridized carbons (Fsp3) is 0.250. The van der Waals surface area contributed by atoms with Gasteiger partial charge in [0.15, 0.2) is 0 Å². The lowest BCUT2D eigenvalue weighted by atomic mass is 10.2. The van der Waals surface area contributed by atoms with Crippen LogP contribution in [-0.2, 0) is 9.53 Å². The maximum Gasteiger partial charge on any atom is 0.362 e. The maximum absolute atomic E-state index is 11.3. The first-order valence-corrected chi connectivity index (χ1v) is 5.17. The molecule has 0 fully saturated rings. The molecule has 17 heavy (non-hydrogen) atoms.